The number of nitro groups is 1. The second-order valence-corrected chi connectivity index (χ2v) is 5.05. The van der Waals surface area contributed by atoms with Crippen molar-refractivity contribution in [3.63, 3.8) is 0 Å². The fourth-order valence-electron chi connectivity index (χ4n) is 3.48. The van der Waals surface area contributed by atoms with Crippen LogP contribution in [-0.4, -0.2) is 68.6 Å². The molecule has 7 heteroatoms. The van der Waals surface area contributed by atoms with E-state index in [1.807, 2.05) is 4.90 Å². The Balaban J connectivity index is 2.33. The van der Waals surface area contributed by atoms with E-state index in [0.717, 1.165) is 0 Å². The average molecular weight is 246 g/mol. The van der Waals surface area contributed by atoms with Gasteiger partial charge < -0.3 is 15.3 Å². The summed E-state index contributed by atoms with van der Waals surface area (Å²) in [6, 6.07) is -1.01. The van der Waals surface area contributed by atoms with E-state index in [4.69, 9.17) is 0 Å². The van der Waals surface area contributed by atoms with Crippen LogP contribution in [0, 0.1) is 10.1 Å². The molecule has 0 radical (unpaired) electrons. The topological polar surface area (TPSA) is 107 Å². The lowest BCUT2D eigenvalue weighted by molar-refractivity contribution is -0.589. The van der Waals surface area contributed by atoms with E-state index in [2.05, 4.69) is 0 Å². The quantitative estimate of drug-likeness (QED) is 0.415. The van der Waals surface area contributed by atoms with Gasteiger partial charge in [-0.1, -0.05) is 0 Å². The summed E-state index contributed by atoms with van der Waals surface area (Å²) in [5.74, 6) is 0. The maximum absolute atomic E-state index is 11.3. The molecule has 3 fully saturated rings. The number of hydrogen-bond acceptors (Lipinski definition) is 6. The molecule has 0 amide bonds. The number of nitrogens with zero attached hydrogens (tertiary/aromatic N) is 2. The fraction of sp³-hybridized carbons (Fsp3) is 1.00. The van der Waals surface area contributed by atoms with Crippen molar-refractivity contribution >= 4 is 0 Å². The van der Waals surface area contributed by atoms with Gasteiger partial charge in [-0.15, -0.1) is 0 Å². The standard InChI is InChI=1S/C10H18N2O5/c13-4-7-1-10(12(16)17)2-8(5-14)11(7)9(3-10)6-15/h7-9,13-15H,1-6H2. The maximum atomic E-state index is 11.3. The summed E-state index contributed by atoms with van der Waals surface area (Å²) in [6.45, 7) is -0.534. The van der Waals surface area contributed by atoms with E-state index < -0.39 is 5.54 Å². The van der Waals surface area contributed by atoms with E-state index in [1.165, 1.54) is 0 Å². The Hall–Kier alpha value is -0.760. The number of aliphatic hydroxyl groups excluding tert-OH is 3. The highest BCUT2D eigenvalue weighted by atomic mass is 16.6. The Bertz CT molecular complexity index is 275. The number of piperidine rings is 3. The Labute approximate surface area is 98.8 Å². The lowest BCUT2D eigenvalue weighted by Gasteiger charge is -2.55. The monoisotopic (exact) mass is 246 g/mol. The molecule has 98 valence electrons. The van der Waals surface area contributed by atoms with Gasteiger partial charge in [0.25, 0.3) is 0 Å². The van der Waals surface area contributed by atoms with Crippen molar-refractivity contribution < 1.29 is 20.2 Å². The van der Waals surface area contributed by atoms with Gasteiger partial charge in [0.05, 0.1) is 19.8 Å². The molecule has 7 nitrogen and oxygen atoms in total. The molecule has 3 N–H and O–H groups in total. The molecule has 3 unspecified atom stereocenters. The molecule has 0 spiro atoms. The van der Waals surface area contributed by atoms with Gasteiger partial charge >= 0.3 is 0 Å². The third kappa shape index (κ3) is 1.83. The Morgan fingerprint density at radius 2 is 1.41 bits per heavy atom. The third-order valence-corrected chi connectivity index (χ3v) is 4.13. The van der Waals surface area contributed by atoms with Gasteiger partial charge in [-0.25, -0.2) is 0 Å². The van der Waals surface area contributed by atoms with Gasteiger partial charge in [0.15, 0.2) is 0 Å². The van der Waals surface area contributed by atoms with E-state index >= 15 is 0 Å². The van der Waals surface area contributed by atoms with Crippen molar-refractivity contribution in [3.05, 3.63) is 10.1 Å². The van der Waals surface area contributed by atoms with Crippen molar-refractivity contribution in [2.24, 2.45) is 0 Å². The zero-order chi connectivity index (χ0) is 12.6. The Morgan fingerprint density at radius 3 is 1.65 bits per heavy atom. The molecule has 17 heavy (non-hydrogen) atoms. The Kier molecular flexibility index (Phi) is 3.35. The van der Waals surface area contributed by atoms with E-state index in [1.54, 1.807) is 0 Å². The summed E-state index contributed by atoms with van der Waals surface area (Å²) in [6.07, 6.45) is 0.885. The first kappa shape index (κ1) is 12.7. The highest BCUT2D eigenvalue weighted by molar-refractivity contribution is 5.06. The summed E-state index contributed by atoms with van der Waals surface area (Å²) in [5.41, 5.74) is -1.09. The van der Waals surface area contributed by atoms with Crippen LogP contribution in [-0.2, 0) is 0 Å². The fourth-order valence-corrected chi connectivity index (χ4v) is 3.48. The average Bonchev–Trinajstić information content (AvgIpc) is 2.37. The summed E-state index contributed by atoms with van der Waals surface area (Å²) >= 11 is 0. The molecule has 3 saturated heterocycles. The minimum atomic E-state index is -1.09. The first-order valence-corrected chi connectivity index (χ1v) is 5.82. The van der Waals surface area contributed by atoms with Crippen molar-refractivity contribution in [1.29, 1.82) is 0 Å². The number of rotatable bonds is 4. The highest BCUT2D eigenvalue weighted by Gasteiger charge is 2.60. The minimum absolute atomic E-state index is 0.178. The van der Waals surface area contributed by atoms with Crippen LogP contribution in [0.2, 0.25) is 0 Å². The van der Waals surface area contributed by atoms with Crippen molar-refractivity contribution in [3.8, 4) is 0 Å². The van der Waals surface area contributed by atoms with Gasteiger partial charge in [-0.05, 0) is 0 Å². The van der Waals surface area contributed by atoms with E-state index in [-0.39, 0.29) is 42.9 Å². The maximum Gasteiger partial charge on any atom is 0.227 e. The van der Waals surface area contributed by atoms with Crippen molar-refractivity contribution in [1.82, 2.24) is 4.90 Å². The molecule has 0 aromatic heterocycles. The van der Waals surface area contributed by atoms with Gasteiger partial charge in [0.1, 0.15) is 0 Å². The van der Waals surface area contributed by atoms with Crippen LogP contribution < -0.4 is 0 Å². The predicted molar refractivity (Wildman–Crippen MR) is 58.0 cm³/mol. The molecular formula is C10H18N2O5. The second kappa shape index (κ2) is 4.49. The minimum Gasteiger partial charge on any atom is -0.395 e. The van der Waals surface area contributed by atoms with Crippen LogP contribution in [0.5, 0.6) is 0 Å². The summed E-state index contributed by atoms with van der Waals surface area (Å²) in [5, 5.41) is 39.2. The molecule has 3 aliphatic rings. The van der Waals surface area contributed by atoms with Crippen LogP contribution in [0.25, 0.3) is 0 Å². The molecule has 0 aromatic carbocycles. The summed E-state index contributed by atoms with van der Waals surface area (Å²) in [4.78, 5) is 12.8. The van der Waals surface area contributed by atoms with Crippen LogP contribution in [0.4, 0.5) is 0 Å². The molecule has 3 rings (SSSR count). The molecule has 0 aliphatic carbocycles. The Morgan fingerprint density at radius 1 is 1.06 bits per heavy atom. The predicted octanol–water partition coefficient (Wildman–Crippen LogP) is -1.42. The zero-order valence-electron chi connectivity index (χ0n) is 9.53. The molecule has 3 heterocycles. The van der Waals surface area contributed by atoms with Gasteiger partial charge in [-0.3, -0.25) is 15.0 Å². The molecule has 0 saturated carbocycles. The van der Waals surface area contributed by atoms with Gasteiger partial charge in [-0.2, -0.15) is 0 Å². The molecule has 0 aromatic rings. The van der Waals surface area contributed by atoms with E-state index in [9.17, 15) is 25.4 Å². The van der Waals surface area contributed by atoms with Gasteiger partial charge in [0.2, 0.25) is 5.54 Å². The molecule has 3 aliphatic heterocycles. The molecule has 3 atom stereocenters. The first-order valence-electron chi connectivity index (χ1n) is 5.82. The first-order chi connectivity index (χ1) is 8.07. The zero-order valence-corrected chi connectivity index (χ0v) is 9.53. The van der Waals surface area contributed by atoms with Crippen LogP contribution in [0.15, 0.2) is 0 Å². The smallest absolute Gasteiger partial charge is 0.227 e. The van der Waals surface area contributed by atoms with Crippen molar-refractivity contribution in [2.75, 3.05) is 19.8 Å². The lowest BCUT2D eigenvalue weighted by atomic mass is 9.70. The van der Waals surface area contributed by atoms with E-state index in [0.29, 0.717) is 19.3 Å². The third-order valence-electron chi connectivity index (χ3n) is 4.13. The van der Waals surface area contributed by atoms with Gasteiger partial charge in [0, 0.05) is 42.3 Å². The molecule has 2 bridgehead atoms. The highest BCUT2D eigenvalue weighted by Crippen LogP contribution is 2.44. The second-order valence-electron chi connectivity index (χ2n) is 5.05. The normalized spacial score (nSPS) is 44.9. The summed E-state index contributed by atoms with van der Waals surface area (Å²) in [7, 11) is 0. The number of fused-ring (bicyclic) bond motifs is 3. The largest absolute Gasteiger partial charge is 0.395 e. The van der Waals surface area contributed by atoms with Crippen molar-refractivity contribution in [2.45, 2.75) is 42.9 Å². The number of aliphatic hydroxyl groups is 3. The molecular weight excluding hydrogens is 228 g/mol. The van der Waals surface area contributed by atoms with Crippen LogP contribution in [0.1, 0.15) is 19.3 Å². The van der Waals surface area contributed by atoms with Crippen LogP contribution >= 0.6 is 0 Å². The number of hydrogen-bond donors (Lipinski definition) is 3. The van der Waals surface area contributed by atoms with Crippen LogP contribution in [0.3, 0.4) is 0 Å². The SMILES string of the molecule is O=[N+]([O-])C12CC(CO)N(C(CO)C1)C(CO)C2. The summed E-state index contributed by atoms with van der Waals surface area (Å²) < 4.78 is 0. The lowest BCUT2D eigenvalue weighted by Crippen LogP contribution is -2.70.